The fraction of sp³-hybridized carbons (Fsp3) is 0. The monoisotopic (exact) mass is 154 g/mol. The number of anilines is 1. The molecule has 0 amide bonds. The van der Waals surface area contributed by atoms with E-state index in [1.165, 1.54) is 12.5 Å². The molecule has 10 heavy (non-hydrogen) atoms. The van der Waals surface area contributed by atoms with Crippen LogP contribution in [-0.4, -0.2) is 15.0 Å². The molecule has 1 rings (SSSR count). The van der Waals surface area contributed by atoms with Crippen LogP contribution in [-0.2, 0) is 0 Å². The molecule has 0 atom stereocenters. The molecule has 0 saturated carbocycles. The quantitative estimate of drug-likeness (QED) is 0.543. The summed E-state index contributed by atoms with van der Waals surface area (Å²) in [5.41, 5.74) is 11.2. The van der Waals surface area contributed by atoms with Crippen LogP contribution in [0, 0.1) is 0 Å². The molecule has 52 valence electrons. The highest BCUT2D eigenvalue weighted by molar-refractivity contribution is 7.80. The van der Waals surface area contributed by atoms with Gasteiger partial charge < -0.3 is 11.5 Å². The number of hydrogen-bond donors (Lipinski definition) is 2. The van der Waals surface area contributed by atoms with Crippen LogP contribution in [0.3, 0.4) is 0 Å². The molecule has 0 unspecified atom stereocenters. The minimum Gasteiger partial charge on any atom is -0.389 e. The van der Waals surface area contributed by atoms with Crippen molar-refractivity contribution in [2.75, 3.05) is 5.73 Å². The molecular formula is C5H6N4S. The standard InChI is InChI=1S/C5H6N4S/c6-4-3(5(7)10)1-8-2-9-4/h1-2H,(H2,7,10)(H2,6,8,9). The first-order chi connectivity index (χ1) is 4.72. The maximum Gasteiger partial charge on any atom is 0.137 e. The summed E-state index contributed by atoms with van der Waals surface area (Å²) in [4.78, 5) is 7.63. The Morgan fingerprint density at radius 2 is 2.30 bits per heavy atom. The molecule has 0 aromatic carbocycles. The molecule has 1 aromatic rings. The highest BCUT2D eigenvalue weighted by Crippen LogP contribution is 2.02. The molecule has 4 nitrogen and oxygen atoms in total. The SMILES string of the molecule is NC(=S)c1cncnc1N. The van der Waals surface area contributed by atoms with E-state index in [-0.39, 0.29) is 4.99 Å². The van der Waals surface area contributed by atoms with Crippen LogP contribution in [0.15, 0.2) is 12.5 Å². The van der Waals surface area contributed by atoms with Gasteiger partial charge in [0.2, 0.25) is 0 Å². The molecule has 0 radical (unpaired) electrons. The van der Waals surface area contributed by atoms with Gasteiger partial charge >= 0.3 is 0 Å². The van der Waals surface area contributed by atoms with Crippen LogP contribution >= 0.6 is 12.2 Å². The van der Waals surface area contributed by atoms with Gasteiger partial charge in [0.25, 0.3) is 0 Å². The number of hydrogen-bond acceptors (Lipinski definition) is 4. The zero-order chi connectivity index (χ0) is 7.56. The molecule has 4 N–H and O–H groups in total. The van der Waals surface area contributed by atoms with Crippen LogP contribution in [0.2, 0.25) is 0 Å². The summed E-state index contributed by atoms with van der Waals surface area (Å²) in [6.45, 7) is 0. The molecule has 0 aliphatic rings. The van der Waals surface area contributed by atoms with Crippen LogP contribution in [0.4, 0.5) is 5.82 Å². The first-order valence-corrected chi connectivity index (χ1v) is 2.98. The van der Waals surface area contributed by atoms with E-state index in [0.717, 1.165) is 0 Å². The van der Waals surface area contributed by atoms with Gasteiger partial charge in [-0.3, -0.25) is 0 Å². The molecular weight excluding hydrogens is 148 g/mol. The van der Waals surface area contributed by atoms with Crippen molar-refractivity contribution >= 4 is 23.0 Å². The largest absolute Gasteiger partial charge is 0.389 e. The lowest BCUT2D eigenvalue weighted by Crippen LogP contribution is -2.13. The number of nitrogens with zero attached hydrogens (tertiary/aromatic N) is 2. The Labute approximate surface area is 63.3 Å². The summed E-state index contributed by atoms with van der Waals surface area (Å²) >= 11 is 4.67. The van der Waals surface area contributed by atoms with Crippen LogP contribution < -0.4 is 11.5 Å². The fourth-order valence-corrected chi connectivity index (χ4v) is 0.686. The highest BCUT2D eigenvalue weighted by Gasteiger charge is 2.00. The zero-order valence-corrected chi connectivity index (χ0v) is 5.93. The fourth-order valence-electron chi connectivity index (χ4n) is 0.529. The van der Waals surface area contributed by atoms with Gasteiger partial charge in [-0.25, -0.2) is 9.97 Å². The number of nitrogen functional groups attached to an aromatic ring is 1. The third kappa shape index (κ3) is 1.19. The van der Waals surface area contributed by atoms with Crippen LogP contribution in [0.25, 0.3) is 0 Å². The Morgan fingerprint density at radius 1 is 1.60 bits per heavy atom. The molecule has 0 saturated heterocycles. The van der Waals surface area contributed by atoms with Crippen molar-refractivity contribution in [3.63, 3.8) is 0 Å². The summed E-state index contributed by atoms with van der Waals surface area (Å²) in [7, 11) is 0. The Balaban J connectivity index is 3.15. The summed E-state index contributed by atoms with van der Waals surface area (Å²) in [6, 6.07) is 0. The van der Waals surface area contributed by atoms with Crippen molar-refractivity contribution in [2.24, 2.45) is 5.73 Å². The second-order valence-electron chi connectivity index (χ2n) is 1.69. The van der Waals surface area contributed by atoms with E-state index >= 15 is 0 Å². The second kappa shape index (κ2) is 2.57. The Kier molecular flexibility index (Phi) is 1.77. The second-order valence-corrected chi connectivity index (χ2v) is 2.13. The zero-order valence-electron chi connectivity index (χ0n) is 5.11. The minimum atomic E-state index is 0.220. The third-order valence-corrected chi connectivity index (χ3v) is 1.23. The molecule has 0 aliphatic heterocycles. The van der Waals surface area contributed by atoms with E-state index in [2.05, 4.69) is 22.2 Å². The average molecular weight is 154 g/mol. The van der Waals surface area contributed by atoms with Crippen molar-refractivity contribution in [3.8, 4) is 0 Å². The van der Waals surface area contributed by atoms with Gasteiger partial charge in [-0.05, 0) is 0 Å². The van der Waals surface area contributed by atoms with E-state index in [4.69, 9.17) is 11.5 Å². The molecule has 0 aliphatic carbocycles. The number of nitrogens with two attached hydrogens (primary N) is 2. The van der Waals surface area contributed by atoms with Crippen molar-refractivity contribution in [2.45, 2.75) is 0 Å². The molecule has 1 heterocycles. The van der Waals surface area contributed by atoms with E-state index in [0.29, 0.717) is 11.4 Å². The first kappa shape index (κ1) is 6.88. The lowest BCUT2D eigenvalue weighted by molar-refractivity contribution is 1.17. The van der Waals surface area contributed by atoms with Crippen molar-refractivity contribution in [1.29, 1.82) is 0 Å². The van der Waals surface area contributed by atoms with Gasteiger partial charge in [0.05, 0.1) is 5.56 Å². The topological polar surface area (TPSA) is 77.8 Å². The van der Waals surface area contributed by atoms with E-state index in [1.54, 1.807) is 0 Å². The minimum absolute atomic E-state index is 0.220. The summed E-state index contributed by atoms with van der Waals surface area (Å²) in [5.74, 6) is 0.322. The molecule has 0 fully saturated rings. The van der Waals surface area contributed by atoms with Crippen LogP contribution in [0.1, 0.15) is 5.56 Å². The van der Waals surface area contributed by atoms with Crippen molar-refractivity contribution < 1.29 is 0 Å². The molecule has 5 heteroatoms. The van der Waals surface area contributed by atoms with Gasteiger partial charge in [0.1, 0.15) is 17.1 Å². The Morgan fingerprint density at radius 3 is 2.70 bits per heavy atom. The van der Waals surface area contributed by atoms with Gasteiger partial charge in [0.15, 0.2) is 0 Å². The molecule has 0 spiro atoms. The van der Waals surface area contributed by atoms with Gasteiger partial charge in [0, 0.05) is 6.20 Å². The first-order valence-electron chi connectivity index (χ1n) is 2.57. The summed E-state index contributed by atoms with van der Waals surface area (Å²) in [5, 5.41) is 0. The normalized spacial score (nSPS) is 9.20. The number of rotatable bonds is 1. The van der Waals surface area contributed by atoms with Gasteiger partial charge in [-0.2, -0.15) is 0 Å². The average Bonchev–Trinajstić information content (AvgIpc) is 1.88. The maximum absolute atomic E-state index is 5.40. The lowest BCUT2D eigenvalue weighted by atomic mass is 10.3. The van der Waals surface area contributed by atoms with Crippen LogP contribution in [0.5, 0.6) is 0 Å². The van der Waals surface area contributed by atoms with Gasteiger partial charge in [-0.1, -0.05) is 12.2 Å². The Hall–Kier alpha value is -1.23. The van der Waals surface area contributed by atoms with Crippen molar-refractivity contribution in [1.82, 2.24) is 9.97 Å². The molecule has 1 aromatic heterocycles. The predicted octanol–water partition coefficient (Wildman–Crippen LogP) is -0.307. The highest BCUT2D eigenvalue weighted by atomic mass is 32.1. The van der Waals surface area contributed by atoms with E-state index in [1.807, 2.05) is 0 Å². The summed E-state index contributed by atoms with van der Waals surface area (Å²) in [6.07, 6.45) is 2.84. The van der Waals surface area contributed by atoms with E-state index < -0.39 is 0 Å². The smallest absolute Gasteiger partial charge is 0.137 e. The third-order valence-electron chi connectivity index (χ3n) is 1.01. The van der Waals surface area contributed by atoms with Crippen molar-refractivity contribution in [3.05, 3.63) is 18.1 Å². The predicted molar refractivity (Wildman–Crippen MR) is 42.3 cm³/mol. The lowest BCUT2D eigenvalue weighted by Gasteiger charge is -1.98. The number of aromatic nitrogens is 2. The molecule has 0 bridgehead atoms. The summed E-state index contributed by atoms with van der Waals surface area (Å²) < 4.78 is 0. The number of thiocarbonyl (C=S) groups is 1. The van der Waals surface area contributed by atoms with E-state index in [9.17, 15) is 0 Å². The Bertz CT molecular complexity index is 260. The van der Waals surface area contributed by atoms with Gasteiger partial charge in [-0.15, -0.1) is 0 Å². The maximum atomic E-state index is 5.40.